The quantitative estimate of drug-likeness (QED) is 0.662. The Bertz CT molecular complexity index is 211. The molecule has 0 aliphatic rings. The van der Waals surface area contributed by atoms with Crippen LogP contribution >= 0.6 is 22.9 Å². The maximum absolute atomic E-state index is 5.66. The summed E-state index contributed by atoms with van der Waals surface area (Å²) in [6, 6.07) is 2.19. The molecule has 1 aromatic heterocycles. The van der Waals surface area contributed by atoms with Crippen LogP contribution in [0.3, 0.4) is 0 Å². The molecule has 1 aromatic rings. The second-order valence-electron chi connectivity index (χ2n) is 3.04. The fourth-order valence-electron chi connectivity index (χ4n) is 1.27. The molecule has 0 aliphatic carbocycles. The average Bonchev–Trinajstić information content (AvgIpc) is 2.64. The van der Waals surface area contributed by atoms with Gasteiger partial charge in [-0.15, -0.1) is 11.6 Å². The van der Waals surface area contributed by atoms with E-state index in [2.05, 4.69) is 28.7 Å². The summed E-state index contributed by atoms with van der Waals surface area (Å²) in [5.41, 5.74) is 1.42. The zero-order chi connectivity index (χ0) is 9.52. The van der Waals surface area contributed by atoms with Crippen molar-refractivity contribution in [1.29, 1.82) is 0 Å². The van der Waals surface area contributed by atoms with Gasteiger partial charge >= 0.3 is 0 Å². The third kappa shape index (κ3) is 4.12. The molecule has 0 aromatic carbocycles. The normalized spacial score (nSPS) is 11.0. The van der Waals surface area contributed by atoms with Crippen LogP contribution in [-0.4, -0.2) is 23.9 Å². The van der Waals surface area contributed by atoms with Crippen molar-refractivity contribution < 1.29 is 0 Å². The molecule has 1 nitrogen and oxygen atoms in total. The molecular formula is C10H16ClNS. The maximum atomic E-state index is 5.66. The van der Waals surface area contributed by atoms with E-state index in [1.165, 1.54) is 5.56 Å². The smallest absolute Gasteiger partial charge is 0.0241 e. The molecular weight excluding hydrogens is 202 g/mol. The largest absolute Gasteiger partial charge is 0.299 e. The number of alkyl halides is 1. The number of rotatable bonds is 6. The Hall–Kier alpha value is -0.0500. The highest BCUT2D eigenvalue weighted by Crippen LogP contribution is 2.09. The van der Waals surface area contributed by atoms with Crippen molar-refractivity contribution in [2.75, 3.05) is 19.0 Å². The van der Waals surface area contributed by atoms with E-state index in [9.17, 15) is 0 Å². The zero-order valence-electron chi connectivity index (χ0n) is 8.00. The Morgan fingerprint density at radius 1 is 1.54 bits per heavy atom. The minimum absolute atomic E-state index is 0.764. The van der Waals surface area contributed by atoms with Crippen LogP contribution in [0.4, 0.5) is 0 Å². The first-order valence-electron chi connectivity index (χ1n) is 4.66. The predicted molar refractivity (Wildman–Crippen MR) is 60.6 cm³/mol. The molecule has 0 unspecified atom stereocenters. The van der Waals surface area contributed by atoms with Gasteiger partial charge in [0, 0.05) is 12.4 Å². The molecule has 0 N–H and O–H groups in total. The molecule has 0 spiro atoms. The molecule has 3 heteroatoms. The monoisotopic (exact) mass is 217 g/mol. The molecule has 13 heavy (non-hydrogen) atoms. The molecule has 0 bridgehead atoms. The lowest BCUT2D eigenvalue weighted by atomic mass is 10.3. The Morgan fingerprint density at radius 3 is 2.92 bits per heavy atom. The van der Waals surface area contributed by atoms with Crippen LogP contribution in [0.5, 0.6) is 0 Å². The Kier molecular flexibility index (Phi) is 5.44. The van der Waals surface area contributed by atoms with E-state index in [4.69, 9.17) is 11.6 Å². The molecule has 74 valence electrons. The first kappa shape index (κ1) is 11.0. The summed E-state index contributed by atoms with van der Waals surface area (Å²) in [6.45, 7) is 5.47. The van der Waals surface area contributed by atoms with E-state index in [1.54, 1.807) is 11.3 Å². The third-order valence-corrected chi connectivity index (χ3v) is 3.04. The summed E-state index contributed by atoms with van der Waals surface area (Å²) in [5, 5.41) is 4.34. The first-order chi connectivity index (χ1) is 6.36. The minimum atomic E-state index is 0.764. The first-order valence-corrected chi connectivity index (χ1v) is 6.14. The lowest BCUT2D eigenvalue weighted by Gasteiger charge is -2.18. The number of nitrogens with zero attached hydrogens (tertiary/aromatic N) is 1. The van der Waals surface area contributed by atoms with Crippen molar-refractivity contribution in [3.8, 4) is 0 Å². The van der Waals surface area contributed by atoms with Gasteiger partial charge in [-0.2, -0.15) is 11.3 Å². The molecule has 0 saturated heterocycles. The molecule has 0 atom stereocenters. The van der Waals surface area contributed by atoms with Crippen LogP contribution in [0.25, 0.3) is 0 Å². The number of thiophene rings is 1. The fourth-order valence-corrected chi connectivity index (χ4v) is 2.05. The van der Waals surface area contributed by atoms with Gasteiger partial charge in [-0.25, -0.2) is 0 Å². The molecule has 0 radical (unpaired) electrons. The summed E-state index contributed by atoms with van der Waals surface area (Å²) in [6.07, 6.45) is 1.08. The van der Waals surface area contributed by atoms with Gasteiger partial charge in [-0.1, -0.05) is 6.92 Å². The Labute approximate surface area is 89.3 Å². The molecule has 1 rings (SSSR count). The van der Waals surface area contributed by atoms with Crippen molar-refractivity contribution in [1.82, 2.24) is 4.90 Å². The van der Waals surface area contributed by atoms with Crippen LogP contribution in [-0.2, 0) is 6.54 Å². The van der Waals surface area contributed by atoms with E-state index < -0.39 is 0 Å². The van der Waals surface area contributed by atoms with Gasteiger partial charge in [0.05, 0.1) is 0 Å². The molecule has 0 aliphatic heterocycles. The van der Waals surface area contributed by atoms with Crippen molar-refractivity contribution in [2.24, 2.45) is 0 Å². The maximum Gasteiger partial charge on any atom is 0.0241 e. The van der Waals surface area contributed by atoms with Gasteiger partial charge in [0.1, 0.15) is 0 Å². The summed E-state index contributed by atoms with van der Waals surface area (Å²) in [4.78, 5) is 2.42. The van der Waals surface area contributed by atoms with Crippen LogP contribution < -0.4 is 0 Å². The van der Waals surface area contributed by atoms with Crippen LogP contribution in [0.1, 0.15) is 18.9 Å². The highest BCUT2D eigenvalue weighted by atomic mass is 35.5. The van der Waals surface area contributed by atoms with Crippen molar-refractivity contribution in [3.63, 3.8) is 0 Å². The van der Waals surface area contributed by atoms with E-state index >= 15 is 0 Å². The highest BCUT2D eigenvalue weighted by molar-refractivity contribution is 7.07. The van der Waals surface area contributed by atoms with Crippen molar-refractivity contribution >= 4 is 22.9 Å². The van der Waals surface area contributed by atoms with Gasteiger partial charge in [0.2, 0.25) is 0 Å². The second kappa shape index (κ2) is 6.41. The predicted octanol–water partition coefficient (Wildman–Crippen LogP) is 3.20. The third-order valence-electron chi connectivity index (χ3n) is 2.04. The van der Waals surface area contributed by atoms with Crippen LogP contribution in [0, 0.1) is 0 Å². The van der Waals surface area contributed by atoms with Gasteiger partial charge in [-0.05, 0) is 41.9 Å². The Balaban J connectivity index is 2.31. The topological polar surface area (TPSA) is 3.24 Å². The summed E-state index contributed by atoms with van der Waals surface area (Å²) >= 11 is 7.42. The SMILES string of the molecule is CCN(CCCCl)Cc1ccsc1. The van der Waals surface area contributed by atoms with E-state index in [-0.39, 0.29) is 0 Å². The molecule has 0 amide bonds. The second-order valence-corrected chi connectivity index (χ2v) is 4.20. The summed E-state index contributed by atoms with van der Waals surface area (Å²) in [5.74, 6) is 0.764. The Morgan fingerprint density at radius 2 is 2.38 bits per heavy atom. The van der Waals surface area contributed by atoms with Gasteiger partial charge < -0.3 is 0 Å². The molecule has 0 saturated carbocycles. The number of hydrogen-bond acceptors (Lipinski definition) is 2. The van der Waals surface area contributed by atoms with Crippen molar-refractivity contribution in [3.05, 3.63) is 22.4 Å². The van der Waals surface area contributed by atoms with Crippen molar-refractivity contribution in [2.45, 2.75) is 19.9 Å². The molecule has 0 fully saturated rings. The standard InChI is InChI=1S/C10H16ClNS/c1-2-12(6-3-5-11)8-10-4-7-13-9-10/h4,7,9H,2-3,5-6,8H2,1H3. The fraction of sp³-hybridized carbons (Fsp3) is 0.600. The zero-order valence-corrected chi connectivity index (χ0v) is 9.57. The lowest BCUT2D eigenvalue weighted by molar-refractivity contribution is 0.281. The van der Waals surface area contributed by atoms with E-state index in [0.717, 1.165) is 31.9 Å². The highest BCUT2D eigenvalue weighted by Gasteiger charge is 2.02. The van der Waals surface area contributed by atoms with Gasteiger partial charge in [-0.3, -0.25) is 4.90 Å². The van der Waals surface area contributed by atoms with Crippen LogP contribution in [0.2, 0.25) is 0 Å². The summed E-state index contributed by atoms with van der Waals surface area (Å²) < 4.78 is 0. The van der Waals surface area contributed by atoms with Gasteiger partial charge in [0.15, 0.2) is 0 Å². The van der Waals surface area contributed by atoms with Gasteiger partial charge in [0.25, 0.3) is 0 Å². The number of halogens is 1. The van der Waals surface area contributed by atoms with Crippen LogP contribution in [0.15, 0.2) is 16.8 Å². The number of hydrogen-bond donors (Lipinski definition) is 0. The van der Waals surface area contributed by atoms with E-state index in [0.29, 0.717) is 0 Å². The average molecular weight is 218 g/mol. The molecule has 1 heterocycles. The van der Waals surface area contributed by atoms with E-state index in [1.807, 2.05) is 0 Å². The minimum Gasteiger partial charge on any atom is -0.299 e. The lowest BCUT2D eigenvalue weighted by Crippen LogP contribution is -2.23. The summed E-state index contributed by atoms with van der Waals surface area (Å²) in [7, 11) is 0.